The van der Waals surface area contributed by atoms with E-state index in [1.807, 2.05) is 6.92 Å². The number of nitrogens with two attached hydrogens (primary N) is 1. The molecule has 27 heavy (non-hydrogen) atoms. The predicted molar refractivity (Wildman–Crippen MR) is 109 cm³/mol. The van der Waals surface area contributed by atoms with Crippen molar-refractivity contribution in [1.29, 1.82) is 0 Å². The number of rotatable bonds is 5. The van der Waals surface area contributed by atoms with Crippen LogP contribution in [0.1, 0.15) is 20.8 Å². The number of carbonyl (C=O) groups is 1. The van der Waals surface area contributed by atoms with Crippen LogP contribution in [-0.2, 0) is 0 Å². The monoisotopic (exact) mass is 449 g/mol. The van der Waals surface area contributed by atoms with Crippen molar-refractivity contribution < 1.29 is 14.3 Å². The van der Waals surface area contributed by atoms with E-state index in [2.05, 4.69) is 36.4 Å². The molecule has 0 aliphatic heterocycles. The highest BCUT2D eigenvalue weighted by molar-refractivity contribution is 9.10. The molecule has 0 fully saturated rings. The van der Waals surface area contributed by atoms with E-state index in [0.29, 0.717) is 36.9 Å². The van der Waals surface area contributed by atoms with E-state index in [9.17, 15) is 4.79 Å². The maximum atomic E-state index is 12.5. The molecule has 0 radical (unpaired) electrons. The number of hydrazone groups is 1. The molecule has 0 atom stereocenters. The van der Waals surface area contributed by atoms with Gasteiger partial charge < -0.3 is 15.2 Å². The smallest absolute Gasteiger partial charge is 0.281 e. The number of fused-ring (bicyclic) bond motifs is 1. The third kappa shape index (κ3) is 3.71. The van der Waals surface area contributed by atoms with Crippen molar-refractivity contribution >= 4 is 55.4 Å². The minimum absolute atomic E-state index is 0.342. The molecule has 10 heteroatoms. The molecule has 0 aliphatic rings. The van der Waals surface area contributed by atoms with Crippen LogP contribution in [0.2, 0.25) is 0 Å². The third-order valence-corrected chi connectivity index (χ3v) is 5.59. The number of aryl methyl sites for hydroxylation is 1. The summed E-state index contributed by atoms with van der Waals surface area (Å²) in [5.41, 5.74) is 9.85. The first kappa shape index (κ1) is 19.1. The Hall–Kier alpha value is -2.72. The molecule has 1 aromatic carbocycles. The lowest BCUT2D eigenvalue weighted by atomic mass is 10.2. The lowest BCUT2D eigenvalue weighted by Crippen LogP contribution is -2.17. The van der Waals surface area contributed by atoms with Gasteiger partial charge >= 0.3 is 0 Å². The number of methoxy groups -OCH3 is 2. The van der Waals surface area contributed by atoms with Crippen molar-refractivity contribution in [3.63, 3.8) is 0 Å². The maximum absolute atomic E-state index is 12.5. The predicted octanol–water partition coefficient (Wildman–Crippen LogP) is 3.13. The van der Waals surface area contributed by atoms with E-state index in [1.165, 1.54) is 23.9 Å². The first-order chi connectivity index (χ1) is 13.0. The number of aromatic nitrogens is 2. The van der Waals surface area contributed by atoms with Gasteiger partial charge in [-0.05, 0) is 46.1 Å². The van der Waals surface area contributed by atoms with Crippen molar-refractivity contribution in [2.45, 2.75) is 6.92 Å². The Labute approximate surface area is 167 Å². The first-order valence-electron chi connectivity index (χ1n) is 7.70. The van der Waals surface area contributed by atoms with Crippen molar-refractivity contribution in [3.8, 4) is 11.5 Å². The molecule has 8 nitrogen and oxygen atoms in total. The Kier molecular flexibility index (Phi) is 5.57. The molecule has 140 valence electrons. The normalized spacial score (nSPS) is 11.1. The Morgan fingerprint density at radius 2 is 2.11 bits per heavy atom. The van der Waals surface area contributed by atoms with Crippen LogP contribution < -0.4 is 20.6 Å². The van der Waals surface area contributed by atoms with Gasteiger partial charge in [-0.15, -0.1) is 11.3 Å². The zero-order valence-electron chi connectivity index (χ0n) is 14.7. The van der Waals surface area contributed by atoms with Gasteiger partial charge in [-0.25, -0.2) is 15.4 Å². The van der Waals surface area contributed by atoms with Gasteiger partial charge in [0.05, 0.1) is 35.2 Å². The van der Waals surface area contributed by atoms with Crippen molar-refractivity contribution in [2.24, 2.45) is 5.10 Å². The number of anilines is 1. The van der Waals surface area contributed by atoms with Gasteiger partial charge in [0, 0.05) is 0 Å². The van der Waals surface area contributed by atoms with Gasteiger partial charge in [-0.3, -0.25) is 4.79 Å². The summed E-state index contributed by atoms with van der Waals surface area (Å²) < 4.78 is 11.3. The molecular weight excluding hydrogens is 434 g/mol. The van der Waals surface area contributed by atoms with E-state index in [0.717, 1.165) is 11.1 Å². The fourth-order valence-electron chi connectivity index (χ4n) is 2.54. The number of nitrogens with one attached hydrogen (secondary N) is 1. The van der Waals surface area contributed by atoms with Crippen LogP contribution in [0.15, 0.2) is 28.0 Å². The van der Waals surface area contributed by atoms with E-state index >= 15 is 0 Å². The molecule has 0 saturated heterocycles. The Bertz CT molecular complexity index is 1050. The number of ether oxygens (including phenoxy) is 2. The molecule has 0 aliphatic carbocycles. The van der Waals surface area contributed by atoms with E-state index in [-0.39, 0.29) is 5.91 Å². The summed E-state index contributed by atoms with van der Waals surface area (Å²) in [6, 6.07) is 3.55. The van der Waals surface area contributed by atoms with Gasteiger partial charge in [0.25, 0.3) is 5.91 Å². The Balaban J connectivity index is 1.81. The summed E-state index contributed by atoms with van der Waals surface area (Å²) in [5.74, 6) is 1.14. The molecule has 0 unspecified atom stereocenters. The van der Waals surface area contributed by atoms with E-state index in [1.54, 1.807) is 26.4 Å². The number of amides is 1. The fraction of sp³-hybridized carbons (Fsp3) is 0.176. The van der Waals surface area contributed by atoms with Crippen LogP contribution in [0.25, 0.3) is 10.2 Å². The van der Waals surface area contributed by atoms with Crippen LogP contribution in [0.4, 0.5) is 5.82 Å². The highest BCUT2D eigenvalue weighted by atomic mass is 79.9. The Morgan fingerprint density at radius 3 is 2.78 bits per heavy atom. The number of nitrogens with zero attached hydrogens (tertiary/aromatic N) is 3. The van der Waals surface area contributed by atoms with Crippen LogP contribution >= 0.6 is 27.3 Å². The van der Waals surface area contributed by atoms with E-state index < -0.39 is 0 Å². The fourth-order valence-corrected chi connectivity index (χ4v) is 4.21. The largest absolute Gasteiger partial charge is 0.493 e. The number of hydrogen-bond donors (Lipinski definition) is 2. The molecule has 2 aromatic heterocycles. The van der Waals surface area contributed by atoms with Gasteiger partial charge in [-0.1, -0.05) is 0 Å². The number of carbonyl (C=O) groups excluding carboxylic acids is 1. The average molecular weight is 450 g/mol. The SMILES string of the molecule is COc1cc(/C=N\NC(=O)c2sc3ncnc(N)c3c2C)cc(Br)c1OC. The Morgan fingerprint density at radius 1 is 1.33 bits per heavy atom. The molecule has 0 spiro atoms. The lowest BCUT2D eigenvalue weighted by Gasteiger charge is -2.10. The number of benzene rings is 1. The van der Waals surface area contributed by atoms with Crippen LogP contribution in [0.5, 0.6) is 11.5 Å². The summed E-state index contributed by atoms with van der Waals surface area (Å²) in [4.78, 5) is 21.7. The summed E-state index contributed by atoms with van der Waals surface area (Å²) in [6.45, 7) is 1.81. The average Bonchev–Trinajstić information content (AvgIpc) is 2.99. The minimum Gasteiger partial charge on any atom is -0.493 e. The second-order valence-electron chi connectivity index (χ2n) is 5.43. The van der Waals surface area contributed by atoms with Crippen LogP contribution in [0.3, 0.4) is 0 Å². The second kappa shape index (κ2) is 7.89. The zero-order valence-corrected chi connectivity index (χ0v) is 17.1. The number of thiophene rings is 1. The minimum atomic E-state index is -0.342. The van der Waals surface area contributed by atoms with Crippen molar-refractivity contribution in [3.05, 3.63) is 38.9 Å². The molecule has 3 N–H and O–H groups in total. The maximum Gasteiger partial charge on any atom is 0.281 e. The molecule has 1 amide bonds. The molecule has 0 bridgehead atoms. The number of halogens is 1. The lowest BCUT2D eigenvalue weighted by molar-refractivity contribution is 0.0958. The highest BCUT2D eigenvalue weighted by Gasteiger charge is 2.18. The van der Waals surface area contributed by atoms with Gasteiger partial charge in [0.15, 0.2) is 11.5 Å². The quantitative estimate of drug-likeness (QED) is 0.457. The first-order valence-corrected chi connectivity index (χ1v) is 9.31. The summed E-state index contributed by atoms with van der Waals surface area (Å²) in [6.07, 6.45) is 2.89. The third-order valence-electron chi connectivity index (χ3n) is 3.80. The van der Waals surface area contributed by atoms with E-state index in [4.69, 9.17) is 15.2 Å². The summed E-state index contributed by atoms with van der Waals surface area (Å²) >= 11 is 4.66. The second-order valence-corrected chi connectivity index (χ2v) is 7.29. The number of hydrogen-bond acceptors (Lipinski definition) is 8. The summed E-state index contributed by atoms with van der Waals surface area (Å²) in [7, 11) is 3.10. The molecule has 2 heterocycles. The highest BCUT2D eigenvalue weighted by Crippen LogP contribution is 2.36. The van der Waals surface area contributed by atoms with Crippen molar-refractivity contribution in [1.82, 2.24) is 15.4 Å². The molecule has 0 saturated carbocycles. The van der Waals surface area contributed by atoms with Crippen LogP contribution in [-0.4, -0.2) is 36.3 Å². The van der Waals surface area contributed by atoms with Gasteiger partial charge in [0.2, 0.25) is 0 Å². The topological polar surface area (TPSA) is 112 Å². The van der Waals surface area contributed by atoms with Crippen LogP contribution in [0, 0.1) is 6.92 Å². The molecular formula is C17H16BrN5O3S. The van der Waals surface area contributed by atoms with Crippen molar-refractivity contribution in [2.75, 3.05) is 20.0 Å². The molecule has 3 rings (SSSR count). The van der Waals surface area contributed by atoms with Gasteiger partial charge in [-0.2, -0.15) is 5.10 Å². The number of nitrogen functional groups attached to an aromatic ring is 1. The zero-order chi connectivity index (χ0) is 19.6. The summed E-state index contributed by atoms with van der Waals surface area (Å²) in [5, 5.41) is 4.72. The van der Waals surface area contributed by atoms with Gasteiger partial charge in [0.1, 0.15) is 17.0 Å². The molecule has 3 aromatic rings. The standard InChI is InChI=1S/C17H16BrN5O3S/c1-8-12-15(19)20-7-21-17(12)27-14(8)16(24)23-22-6-9-4-10(18)13(26-3)11(5-9)25-2/h4-7H,1-3H3,(H,23,24)(H2,19,20,21)/b22-6-.